The zero-order chi connectivity index (χ0) is 27.1. The van der Waals surface area contributed by atoms with Crippen LogP contribution in [0.1, 0.15) is 46.0 Å². The zero-order valence-electron chi connectivity index (χ0n) is 19.9. The van der Waals surface area contributed by atoms with E-state index in [0.717, 1.165) is 0 Å². The number of hydrogen-bond donors (Lipinski definition) is 9. The van der Waals surface area contributed by atoms with Crippen LogP contribution in [0.5, 0.6) is 0 Å². The Kier molecular flexibility index (Phi) is 15.1. The quantitative estimate of drug-likeness (QED) is 0.0431. The minimum atomic E-state index is -1.29. The lowest BCUT2D eigenvalue weighted by atomic mass is 10.0. The molecule has 0 spiro atoms. The van der Waals surface area contributed by atoms with Gasteiger partial charge in [-0.05, 0) is 31.6 Å². The van der Waals surface area contributed by atoms with Gasteiger partial charge in [-0.1, -0.05) is 13.8 Å². The molecule has 0 aromatic carbocycles. The van der Waals surface area contributed by atoms with Crippen molar-refractivity contribution in [2.75, 3.05) is 12.3 Å². The molecule has 0 aliphatic rings. The van der Waals surface area contributed by atoms with Gasteiger partial charge in [-0.2, -0.15) is 12.6 Å². The van der Waals surface area contributed by atoms with Gasteiger partial charge in [-0.3, -0.25) is 24.2 Å². The Balaban J connectivity index is 5.51. The monoisotopic (exact) mass is 519 g/mol. The van der Waals surface area contributed by atoms with Crippen LogP contribution in [0.15, 0.2) is 4.99 Å². The van der Waals surface area contributed by atoms with Crippen LogP contribution in [0.3, 0.4) is 0 Å². The summed E-state index contributed by atoms with van der Waals surface area (Å²) >= 11 is 3.91. The van der Waals surface area contributed by atoms with Crippen molar-refractivity contribution >= 4 is 48.2 Å². The third-order valence-electron chi connectivity index (χ3n) is 4.72. The number of carbonyl (C=O) groups excluding carboxylic acids is 3. The van der Waals surface area contributed by atoms with E-state index in [1.54, 1.807) is 0 Å². The molecule has 3 amide bonds. The van der Waals surface area contributed by atoms with Gasteiger partial charge in [0.15, 0.2) is 5.96 Å². The topological polar surface area (TPSA) is 252 Å². The van der Waals surface area contributed by atoms with E-state index in [-0.39, 0.29) is 56.3 Å². The third kappa shape index (κ3) is 14.0. The maximum atomic E-state index is 13.0. The molecular formula is C20H37N7O7S. The number of aliphatic carboxylic acids is 2. The standard InChI is InChI=1S/C20H37N7O7S/c1-10(2)8-13(26-16(30)11(21)5-6-15(28)29)18(32)25-12(4-3-7-24-20(22)23)17(31)27-14(9-35)19(33)34/h10-14,35H,3-9,21H2,1-2H3,(H,25,32)(H,26,30)(H,27,31)(H,28,29)(H,33,34)(H4,22,23,24)/t11-,12-,13-,14-/m0/s1. The maximum absolute atomic E-state index is 13.0. The molecule has 0 aromatic rings. The lowest BCUT2D eigenvalue weighted by Gasteiger charge is -2.26. The number of rotatable bonds is 17. The number of guanidine groups is 1. The van der Waals surface area contributed by atoms with Crippen molar-refractivity contribution in [2.45, 2.75) is 70.1 Å². The summed E-state index contributed by atoms with van der Waals surface area (Å²) in [5.41, 5.74) is 16.3. The van der Waals surface area contributed by atoms with E-state index in [2.05, 4.69) is 33.6 Å². The predicted octanol–water partition coefficient (Wildman–Crippen LogP) is -2.25. The second kappa shape index (κ2) is 16.5. The van der Waals surface area contributed by atoms with Crippen molar-refractivity contribution in [1.29, 1.82) is 0 Å². The number of hydrogen-bond acceptors (Lipinski definition) is 8. The largest absolute Gasteiger partial charge is 0.481 e. The summed E-state index contributed by atoms with van der Waals surface area (Å²) in [5, 5.41) is 25.3. The molecule has 0 saturated carbocycles. The Bertz CT molecular complexity index is 775. The number of amides is 3. The third-order valence-corrected chi connectivity index (χ3v) is 5.09. The van der Waals surface area contributed by atoms with Gasteiger partial charge >= 0.3 is 11.9 Å². The summed E-state index contributed by atoms with van der Waals surface area (Å²) in [7, 11) is 0. The van der Waals surface area contributed by atoms with E-state index < -0.39 is 53.8 Å². The Morgan fingerprint density at radius 2 is 1.43 bits per heavy atom. The zero-order valence-corrected chi connectivity index (χ0v) is 20.8. The Hall–Kier alpha value is -3.07. The second-order valence-electron chi connectivity index (χ2n) is 8.32. The van der Waals surface area contributed by atoms with Crippen molar-refractivity contribution in [1.82, 2.24) is 16.0 Å². The SMILES string of the molecule is CC(C)C[C@H](NC(=O)[C@@H](N)CCC(=O)O)C(=O)N[C@@H](CCCN=C(N)N)C(=O)N[C@@H](CS)C(=O)O. The molecule has 11 N–H and O–H groups in total. The van der Waals surface area contributed by atoms with Gasteiger partial charge < -0.3 is 43.4 Å². The molecule has 0 unspecified atom stereocenters. The average Bonchev–Trinajstić information content (AvgIpc) is 2.75. The first-order valence-corrected chi connectivity index (χ1v) is 11.7. The summed E-state index contributed by atoms with van der Waals surface area (Å²) in [6, 6.07) is -4.63. The van der Waals surface area contributed by atoms with E-state index in [1.165, 1.54) is 0 Å². The minimum absolute atomic E-state index is 0.0315. The molecule has 0 aromatic heterocycles. The van der Waals surface area contributed by atoms with Gasteiger partial charge in [0, 0.05) is 18.7 Å². The van der Waals surface area contributed by atoms with Crippen molar-refractivity contribution in [3.05, 3.63) is 0 Å². The van der Waals surface area contributed by atoms with Crippen LogP contribution in [0.2, 0.25) is 0 Å². The number of carboxylic acid groups (broad SMARTS) is 2. The fourth-order valence-electron chi connectivity index (χ4n) is 2.89. The molecule has 0 bridgehead atoms. The molecule has 35 heavy (non-hydrogen) atoms. The molecule has 0 aliphatic carbocycles. The first-order chi connectivity index (χ1) is 16.3. The van der Waals surface area contributed by atoms with Crippen LogP contribution in [-0.2, 0) is 24.0 Å². The molecule has 0 heterocycles. The molecule has 0 fully saturated rings. The van der Waals surface area contributed by atoms with Crippen LogP contribution in [0.4, 0.5) is 0 Å². The summed E-state index contributed by atoms with van der Waals surface area (Å²) < 4.78 is 0. The highest BCUT2D eigenvalue weighted by Crippen LogP contribution is 2.08. The molecule has 0 rings (SSSR count). The van der Waals surface area contributed by atoms with Crippen LogP contribution in [0.25, 0.3) is 0 Å². The molecule has 4 atom stereocenters. The molecule has 14 nitrogen and oxygen atoms in total. The molecule has 0 saturated heterocycles. The predicted molar refractivity (Wildman–Crippen MR) is 131 cm³/mol. The summed E-state index contributed by atoms with van der Waals surface area (Å²) in [5.74, 6) is -4.89. The van der Waals surface area contributed by atoms with Gasteiger partial charge in [0.25, 0.3) is 0 Å². The summed E-state index contributed by atoms with van der Waals surface area (Å²) in [6.45, 7) is 3.81. The maximum Gasteiger partial charge on any atom is 0.327 e. The number of aliphatic imine (C=N–C) groups is 1. The van der Waals surface area contributed by atoms with Crippen LogP contribution in [0, 0.1) is 5.92 Å². The number of nitrogens with two attached hydrogens (primary N) is 3. The number of carbonyl (C=O) groups is 5. The highest BCUT2D eigenvalue weighted by atomic mass is 32.1. The second-order valence-corrected chi connectivity index (χ2v) is 8.69. The average molecular weight is 520 g/mol. The van der Waals surface area contributed by atoms with E-state index in [0.29, 0.717) is 0 Å². The van der Waals surface area contributed by atoms with Crippen LogP contribution < -0.4 is 33.2 Å². The molecule has 0 aliphatic heterocycles. The van der Waals surface area contributed by atoms with Gasteiger partial charge in [0.2, 0.25) is 17.7 Å². The smallest absolute Gasteiger partial charge is 0.327 e. The van der Waals surface area contributed by atoms with Crippen molar-refractivity contribution in [3.63, 3.8) is 0 Å². The summed E-state index contributed by atoms with van der Waals surface area (Å²) in [6.07, 6.45) is 0.140. The number of carboxylic acids is 2. The van der Waals surface area contributed by atoms with E-state index in [1.807, 2.05) is 13.8 Å². The van der Waals surface area contributed by atoms with Crippen molar-refractivity contribution < 1.29 is 34.2 Å². The fourth-order valence-corrected chi connectivity index (χ4v) is 3.14. The molecule has 200 valence electrons. The van der Waals surface area contributed by atoms with E-state index >= 15 is 0 Å². The van der Waals surface area contributed by atoms with Crippen molar-refractivity contribution in [3.8, 4) is 0 Å². The van der Waals surface area contributed by atoms with Gasteiger partial charge in [0.1, 0.15) is 18.1 Å². The normalized spacial score (nSPS) is 14.2. The number of nitrogens with one attached hydrogen (secondary N) is 3. The molecular weight excluding hydrogens is 482 g/mol. The molecule has 0 radical (unpaired) electrons. The summed E-state index contributed by atoms with van der Waals surface area (Å²) in [4.78, 5) is 63.9. The highest BCUT2D eigenvalue weighted by Gasteiger charge is 2.30. The highest BCUT2D eigenvalue weighted by molar-refractivity contribution is 7.80. The fraction of sp³-hybridized carbons (Fsp3) is 0.700. The van der Waals surface area contributed by atoms with Gasteiger partial charge in [0.05, 0.1) is 6.04 Å². The number of thiol groups is 1. The Labute approximate surface area is 209 Å². The van der Waals surface area contributed by atoms with Gasteiger partial charge in [-0.15, -0.1) is 0 Å². The Morgan fingerprint density at radius 3 is 1.91 bits per heavy atom. The van der Waals surface area contributed by atoms with E-state index in [9.17, 15) is 29.1 Å². The van der Waals surface area contributed by atoms with E-state index in [4.69, 9.17) is 22.3 Å². The van der Waals surface area contributed by atoms with Crippen molar-refractivity contribution in [2.24, 2.45) is 28.1 Å². The minimum Gasteiger partial charge on any atom is -0.481 e. The first-order valence-electron chi connectivity index (χ1n) is 11.1. The van der Waals surface area contributed by atoms with Gasteiger partial charge in [-0.25, -0.2) is 4.79 Å². The first kappa shape index (κ1) is 31.9. The Morgan fingerprint density at radius 1 is 0.886 bits per heavy atom. The lowest BCUT2D eigenvalue weighted by Crippen LogP contribution is -2.57. The lowest BCUT2D eigenvalue weighted by molar-refractivity contribution is -0.141. The number of nitrogens with zero attached hydrogens (tertiary/aromatic N) is 1. The van der Waals surface area contributed by atoms with Crippen LogP contribution in [-0.4, -0.2) is 82.3 Å². The molecule has 15 heteroatoms. The van der Waals surface area contributed by atoms with Crippen LogP contribution >= 0.6 is 12.6 Å².